The van der Waals surface area contributed by atoms with E-state index in [1.807, 2.05) is 23.1 Å². The van der Waals surface area contributed by atoms with Crippen molar-refractivity contribution in [3.63, 3.8) is 0 Å². The molecule has 0 saturated heterocycles. The molecule has 0 spiro atoms. The molecule has 1 amide bonds. The highest BCUT2D eigenvalue weighted by atomic mass is 16.5. The molecule has 120 valence electrons. The SMILES string of the molecule is COc1ccc(C(=O)N2CC(C)CN(C)c3ccccc32)nc1. The van der Waals surface area contributed by atoms with Gasteiger partial charge in [0.1, 0.15) is 11.4 Å². The van der Waals surface area contributed by atoms with Gasteiger partial charge in [-0.25, -0.2) is 4.98 Å². The van der Waals surface area contributed by atoms with E-state index in [-0.39, 0.29) is 5.91 Å². The lowest BCUT2D eigenvalue weighted by Crippen LogP contribution is -2.35. The summed E-state index contributed by atoms with van der Waals surface area (Å²) in [6.07, 6.45) is 1.58. The van der Waals surface area contributed by atoms with Crippen LogP contribution in [0.2, 0.25) is 0 Å². The average Bonchev–Trinajstić information content (AvgIpc) is 2.71. The minimum absolute atomic E-state index is 0.0812. The predicted octanol–water partition coefficient (Wildman–Crippen LogP) is 2.82. The molecule has 0 fully saturated rings. The van der Waals surface area contributed by atoms with Crippen LogP contribution in [-0.2, 0) is 0 Å². The van der Waals surface area contributed by atoms with Gasteiger partial charge in [0, 0.05) is 20.1 Å². The second-order valence-corrected chi connectivity index (χ2v) is 5.97. The van der Waals surface area contributed by atoms with Crippen molar-refractivity contribution >= 4 is 17.3 Å². The highest BCUT2D eigenvalue weighted by Crippen LogP contribution is 2.33. The van der Waals surface area contributed by atoms with Gasteiger partial charge in [0.2, 0.25) is 0 Å². The van der Waals surface area contributed by atoms with E-state index in [9.17, 15) is 4.79 Å². The molecule has 0 radical (unpaired) electrons. The maximum Gasteiger partial charge on any atom is 0.276 e. The summed E-state index contributed by atoms with van der Waals surface area (Å²) in [5, 5.41) is 0. The number of carbonyl (C=O) groups excluding carboxylic acids is 1. The van der Waals surface area contributed by atoms with Crippen LogP contribution in [-0.4, -0.2) is 38.1 Å². The molecular weight excluding hydrogens is 290 g/mol. The monoisotopic (exact) mass is 311 g/mol. The third-order valence-electron chi connectivity index (χ3n) is 4.10. The van der Waals surface area contributed by atoms with Gasteiger partial charge in [-0.3, -0.25) is 4.79 Å². The lowest BCUT2D eigenvalue weighted by molar-refractivity contribution is 0.0979. The fourth-order valence-corrected chi connectivity index (χ4v) is 3.01. The molecule has 0 aliphatic carbocycles. The zero-order chi connectivity index (χ0) is 16.4. The molecule has 1 atom stereocenters. The predicted molar refractivity (Wildman–Crippen MR) is 91.3 cm³/mol. The van der Waals surface area contributed by atoms with Crippen LogP contribution < -0.4 is 14.5 Å². The topological polar surface area (TPSA) is 45.7 Å². The Morgan fingerprint density at radius 2 is 1.91 bits per heavy atom. The summed E-state index contributed by atoms with van der Waals surface area (Å²) in [5.74, 6) is 0.933. The van der Waals surface area contributed by atoms with E-state index in [1.54, 1.807) is 25.4 Å². The van der Waals surface area contributed by atoms with Crippen molar-refractivity contribution in [2.24, 2.45) is 5.92 Å². The number of benzene rings is 1. The number of anilines is 2. The molecule has 2 aromatic rings. The molecule has 5 heteroatoms. The van der Waals surface area contributed by atoms with Crippen molar-refractivity contribution in [3.05, 3.63) is 48.3 Å². The summed E-state index contributed by atoms with van der Waals surface area (Å²) >= 11 is 0. The quantitative estimate of drug-likeness (QED) is 0.855. The van der Waals surface area contributed by atoms with E-state index < -0.39 is 0 Å². The van der Waals surface area contributed by atoms with E-state index in [0.29, 0.717) is 23.9 Å². The molecule has 1 aromatic heterocycles. The lowest BCUT2D eigenvalue weighted by Gasteiger charge is -2.24. The second-order valence-electron chi connectivity index (χ2n) is 5.97. The Hall–Kier alpha value is -2.56. The first-order valence-corrected chi connectivity index (χ1v) is 7.72. The van der Waals surface area contributed by atoms with Gasteiger partial charge in [-0.05, 0) is 30.2 Å². The highest BCUT2D eigenvalue weighted by molar-refractivity contribution is 6.06. The van der Waals surface area contributed by atoms with Crippen LogP contribution in [0.3, 0.4) is 0 Å². The number of amides is 1. The van der Waals surface area contributed by atoms with Gasteiger partial charge in [-0.2, -0.15) is 0 Å². The third kappa shape index (κ3) is 2.99. The number of hydrogen-bond acceptors (Lipinski definition) is 4. The summed E-state index contributed by atoms with van der Waals surface area (Å²) in [6, 6.07) is 11.5. The van der Waals surface area contributed by atoms with Crippen molar-refractivity contribution < 1.29 is 9.53 Å². The Bertz CT molecular complexity index is 700. The van der Waals surface area contributed by atoms with Crippen LogP contribution in [0.15, 0.2) is 42.6 Å². The van der Waals surface area contributed by atoms with Crippen molar-refractivity contribution in [3.8, 4) is 5.75 Å². The smallest absolute Gasteiger partial charge is 0.276 e. The molecule has 2 heterocycles. The average molecular weight is 311 g/mol. The highest BCUT2D eigenvalue weighted by Gasteiger charge is 2.27. The minimum atomic E-state index is -0.0812. The molecule has 0 bridgehead atoms. The zero-order valence-electron chi connectivity index (χ0n) is 13.7. The van der Waals surface area contributed by atoms with Crippen molar-refractivity contribution in [2.75, 3.05) is 37.0 Å². The molecule has 1 aromatic carbocycles. The van der Waals surface area contributed by atoms with Crippen LogP contribution in [0, 0.1) is 5.92 Å². The van der Waals surface area contributed by atoms with Crippen molar-refractivity contribution in [1.82, 2.24) is 4.98 Å². The molecule has 1 unspecified atom stereocenters. The van der Waals surface area contributed by atoms with Crippen LogP contribution in [0.25, 0.3) is 0 Å². The van der Waals surface area contributed by atoms with E-state index in [2.05, 4.69) is 29.9 Å². The number of rotatable bonds is 2. The first-order valence-electron chi connectivity index (χ1n) is 7.72. The minimum Gasteiger partial charge on any atom is -0.495 e. The number of para-hydroxylation sites is 2. The molecule has 0 N–H and O–H groups in total. The van der Waals surface area contributed by atoms with Gasteiger partial charge in [0.25, 0.3) is 5.91 Å². The van der Waals surface area contributed by atoms with E-state index >= 15 is 0 Å². The van der Waals surface area contributed by atoms with E-state index in [4.69, 9.17) is 4.74 Å². The summed E-state index contributed by atoms with van der Waals surface area (Å²) in [5.41, 5.74) is 2.43. The number of nitrogens with zero attached hydrogens (tertiary/aromatic N) is 3. The largest absolute Gasteiger partial charge is 0.495 e. The van der Waals surface area contributed by atoms with E-state index in [0.717, 1.165) is 17.9 Å². The normalized spacial score (nSPS) is 17.4. The Morgan fingerprint density at radius 1 is 1.17 bits per heavy atom. The number of methoxy groups -OCH3 is 1. The fourth-order valence-electron chi connectivity index (χ4n) is 3.01. The summed E-state index contributed by atoms with van der Waals surface area (Å²) in [7, 11) is 3.65. The molecule has 3 rings (SSSR count). The van der Waals surface area contributed by atoms with Crippen LogP contribution >= 0.6 is 0 Å². The Balaban J connectivity index is 1.99. The van der Waals surface area contributed by atoms with Gasteiger partial charge in [0.15, 0.2) is 0 Å². The number of carbonyl (C=O) groups is 1. The second kappa shape index (κ2) is 6.28. The number of ether oxygens (including phenoxy) is 1. The van der Waals surface area contributed by atoms with Crippen LogP contribution in [0.1, 0.15) is 17.4 Å². The summed E-state index contributed by atoms with van der Waals surface area (Å²) < 4.78 is 5.11. The van der Waals surface area contributed by atoms with Gasteiger partial charge in [-0.1, -0.05) is 19.1 Å². The van der Waals surface area contributed by atoms with Gasteiger partial charge >= 0.3 is 0 Å². The molecular formula is C18H21N3O2. The van der Waals surface area contributed by atoms with E-state index in [1.165, 1.54) is 0 Å². The van der Waals surface area contributed by atoms with Crippen molar-refractivity contribution in [1.29, 1.82) is 0 Å². The van der Waals surface area contributed by atoms with Crippen LogP contribution in [0.5, 0.6) is 5.75 Å². The number of fused-ring (bicyclic) bond motifs is 1. The Kier molecular flexibility index (Phi) is 4.19. The molecule has 23 heavy (non-hydrogen) atoms. The number of pyridine rings is 1. The molecule has 1 aliphatic rings. The summed E-state index contributed by atoms with van der Waals surface area (Å²) in [6.45, 7) is 3.74. The Labute approximate surface area is 136 Å². The van der Waals surface area contributed by atoms with Crippen LogP contribution in [0.4, 0.5) is 11.4 Å². The van der Waals surface area contributed by atoms with Gasteiger partial charge < -0.3 is 14.5 Å². The van der Waals surface area contributed by atoms with Gasteiger partial charge in [-0.15, -0.1) is 0 Å². The lowest BCUT2D eigenvalue weighted by atomic mass is 10.1. The van der Waals surface area contributed by atoms with Crippen molar-refractivity contribution in [2.45, 2.75) is 6.92 Å². The molecule has 0 saturated carbocycles. The maximum absolute atomic E-state index is 13.0. The fraction of sp³-hybridized carbons (Fsp3) is 0.333. The first kappa shape index (κ1) is 15.3. The standard InChI is InChI=1S/C18H21N3O2/c1-13-11-20(2)16-6-4-5-7-17(16)21(12-13)18(22)15-9-8-14(23-3)10-19-15/h4-10,13H,11-12H2,1-3H3. The van der Waals surface area contributed by atoms with Gasteiger partial charge in [0.05, 0.1) is 24.7 Å². The molecule has 5 nitrogen and oxygen atoms in total. The number of hydrogen-bond donors (Lipinski definition) is 0. The molecule has 1 aliphatic heterocycles. The zero-order valence-corrected chi connectivity index (χ0v) is 13.7. The third-order valence-corrected chi connectivity index (χ3v) is 4.10. The first-order chi connectivity index (χ1) is 11.1. The maximum atomic E-state index is 13.0. The summed E-state index contributed by atoms with van der Waals surface area (Å²) in [4.78, 5) is 21.2. The Morgan fingerprint density at radius 3 is 2.57 bits per heavy atom. The number of aromatic nitrogens is 1.